The van der Waals surface area contributed by atoms with Crippen LogP contribution in [0.3, 0.4) is 0 Å². The highest BCUT2D eigenvalue weighted by atomic mass is 16.2. The maximum atomic E-state index is 11.3. The molecule has 0 radical (unpaired) electrons. The molecule has 0 spiro atoms. The predicted octanol–water partition coefficient (Wildman–Crippen LogP) is -0.711. The van der Waals surface area contributed by atoms with Crippen LogP contribution in [0.4, 0.5) is 0 Å². The minimum atomic E-state index is 0.0729. The molecule has 2 heterocycles. The van der Waals surface area contributed by atoms with Crippen LogP contribution in [-0.2, 0) is 4.79 Å². The molecule has 62 valence electrons. The molecule has 0 saturated carbocycles. The van der Waals surface area contributed by atoms with Gasteiger partial charge in [-0.15, -0.1) is 0 Å². The van der Waals surface area contributed by atoms with E-state index in [4.69, 9.17) is 0 Å². The van der Waals surface area contributed by atoms with Gasteiger partial charge in [0, 0.05) is 6.54 Å². The summed E-state index contributed by atoms with van der Waals surface area (Å²) in [5.41, 5.74) is 3.14. The Morgan fingerprint density at radius 1 is 1.64 bits per heavy atom. The van der Waals surface area contributed by atoms with Crippen LogP contribution in [0.5, 0.6) is 0 Å². The molecule has 0 aromatic carbocycles. The van der Waals surface area contributed by atoms with Crippen LogP contribution in [0.25, 0.3) is 0 Å². The minimum absolute atomic E-state index is 0.0729. The third-order valence-corrected chi connectivity index (χ3v) is 2.51. The number of carbonyl (C=O) groups is 1. The van der Waals surface area contributed by atoms with E-state index in [1.165, 1.54) is 0 Å². The zero-order valence-corrected chi connectivity index (χ0v) is 6.63. The van der Waals surface area contributed by atoms with Gasteiger partial charge in [-0.25, -0.2) is 10.4 Å². The van der Waals surface area contributed by atoms with Crippen LogP contribution >= 0.6 is 0 Å². The Bertz CT molecular complexity index is 181. The van der Waals surface area contributed by atoms with Crippen LogP contribution in [-0.4, -0.2) is 30.2 Å². The number of hydrogen-bond acceptors (Lipinski definition) is 3. The molecule has 2 aliphatic rings. The van der Waals surface area contributed by atoms with E-state index >= 15 is 0 Å². The lowest BCUT2D eigenvalue weighted by molar-refractivity contribution is -0.131. The highest BCUT2D eigenvalue weighted by Crippen LogP contribution is 2.22. The average Bonchev–Trinajstić information content (AvgIpc) is 2.34. The van der Waals surface area contributed by atoms with E-state index in [1.807, 2.05) is 5.01 Å². The summed E-state index contributed by atoms with van der Waals surface area (Å²) < 4.78 is 0. The van der Waals surface area contributed by atoms with Crippen molar-refractivity contribution in [1.82, 2.24) is 15.8 Å². The second-order valence-electron chi connectivity index (χ2n) is 3.28. The molecule has 11 heavy (non-hydrogen) atoms. The molecule has 0 aromatic rings. The van der Waals surface area contributed by atoms with Crippen molar-refractivity contribution < 1.29 is 4.79 Å². The van der Waals surface area contributed by atoms with Crippen molar-refractivity contribution in [2.75, 3.05) is 13.2 Å². The van der Waals surface area contributed by atoms with Gasteiger partial charge in [-0.1, -0.05) is 6.92 Å². The van der Waals surface area contributed by atoms with Crippen molar-refractivity contribution in [1.29, 1.82) is 0 Å². The van der Waals surface area contributed by atoms with Gasteiger partial charge in [-0.05, 0) is 12.3 Å². The Labute approximate surface area is 65.9 Å². The molecule has 2 atom stereocenters. The normalized spacial score (nSPS) is 38.5. The van der Waals surface area contributed by atoms with Gasteiger partial charge in [-0.2, -0.15) is 0 Å². The van der Waals surface area contributed by atoms with Gasteiger partial charge in [0.2, 0.25) is 5.91 Å². The number of carbonyl (C=O) groups excluding carboxylic acids is 1. The lowest BCUT2D eigenvalue weighted by atomic mass is 10.0. The van der Waals surface area contributed by atoms with E-state index in [1.54, 1.807) is 0 Å². The molecule has 1 amide bonds. The molecule has 2 rings (SSSR count). The molecule has 2 saturated heterocycles. The standard InChI is InChI=1S/C7H13N3O/c1-5-2-3-10-6(5)7(11)8-4-9-10/h5-6,9H,2-4H2,1H3,(H,8,11). The van der Waals surface area contributed by atoms with E-state index in [9.17, 15) is 4.79 Å². The molecular formula is C7H13N3O. The van der Waals surface area contributed by atoms with Crippen molar-refractivity contribution >= 4 is 5.91 Å². The fourth-order valence-electron chi connectivity index (χ4n) is 1.86. The van der Waals surface area contributed by atoms with Crippen molar-refractivity contribution in [3.63, 3.8) is 0 Å². The Hall–Kier alpha value is -0.610. The molecule has 2 unspecified atom stereocenters. The predicted molar refractivity (Wildman–Crippen MR) is 40.4 cm³/mol. The number of amides is 1. The quantitative estimate of drug-likeness (QED) is 0.485. The maximum absolute atomic E-state index is 11.3. The van der Waals surface area contributed by atoms with E-state index in [0.717, 1.165) is 13.0 Å². The Morgan fingerprint density at radius 2 is 2.45 bits per heavy atom. The molecule has 2 N–H and O–H groups in total. The smallest absolute Gasteiger partial charge is 0.240 e. The maximum Gasteiger partial charge on any atom is 0.240 e. The number of fused-ring (bicyclic) bond motifs is 1. The fourth-order valence-corrected chi connectivity index (χ4v) is 1.86. The first kappa shape index (κ1) is 7.06. The van der Waals surface area contributed by atoms with Gasteiger partial charge in [0.05, 0.1) is 6.67 Å². The zero-order valence-electron chi connectivity index (χ0n) is 6.63. The van der Waals surface area contributed by atoms with Gasteiger partial charge in [0.1, 0.15) is 6.04 Å². The molecule has 4 nitrogen and oxygen atoms in total. The van der Waals surface area contributed by atoms with Crippen LogP contribution in [0.1, 0.15) is 13.3 Å². The molecule has 0 aliphatic carbocycles. The van der Waals surface area contributed by atoms with E-state index in [0.29, 0.717) is 12.6 Å². The lowest BCUT2D eigenvalue weighted by Crippen LogP contribution is -2.60. The Morgan fingerprint density at radius 3 is 3.18 bits per heavy atom. The van der Waals surface area contributed by atoms with Crippen LogP contribution in [0.2, 0.25) is 0 Å². The highest BCUT2D eigenvalue weighted by molar-refractivity contribution is 5.82. The molecule has 2 fully saturated rings. The summed E-state index contributed by atoms with van der Waals surface area (Å²) in [5, 5.41) is 4.84. The summed E-state index contributed by atoms with van der Waals surface area (Å²) in [5.74, 6) is 0.663. The molecule has 4 heteroatoms. The van der Waals surface area contributed by atoms with Crippen molar-refractivity contribution in [3.8, 4) is 0 Å². The number of hydrogen-bond donors (Lipinski definition) is 2. The molecule has 0 bridgehead atoms. The number of rotatable bonds is 0. The number of nitrogens with one attached hydrogen (secondary N) is 2. The first-order valence-electron chi connectivity index (χ1n) is 4.07. The van der Waals surface area contributed by atoms with Crippen LogP contribution < -0.4 is 10.7 Å². The lowest BCUT2D eigenvalue weighted by Gasteiger charge is -2.31. The van der Waals surface area contributed by atoms with Gasteiger partial charge in [0.15, 0.2) is 0 Å². The monoisotopic (exact) mass is 155 g/mol. The van der Waals surface area contributed by atoms with E-state index in [-0.39, 0.29) is 11.9 Å². The van der Waals surface area contributed by atoms with E-state index in [2.05, 4.69) is 17.7 Å². The molecule has 0 aromatic heterocycles. The topological polar surface area (TPSA) is 44.4 Å². The first-order chi connectivity index (χ1) is 5.29. The molecular weight excluding hydrogens is 142 g/mol. The second kappa shape index (κ2) is 2.46. The van der Waals surface area contributed by atoms with Gasteiger partial charge in [0.25, 0.3) is 0 Å². The van der Waals surface area contributed by atoms with Gasteiger partial charge in [-0.3, -0.25) is 4.79 Å². The summed E-state index contributed by atoms with van der Waals surface area (Å²) in [6.07, 6.45) is 1.12. The zero-order chi connectivity index (χ0) is 7.84. The number of nitrogens with zero attached hydrogens (tertiary/aromatic N) is 1. The second-order valence-corrected chi connectivity index (χ2v) is 3.28. The van der Waals surface area contributed by atoms with Crippen LogP contribution in [0.15, 0.2) is 0 Å². The summed E-state index contributed by atoms with van der Waals surface area (Å²) in [7, 11) is 0. The SMILES string of the molecule is CC1CCN2NCNC(=O)C12. The fraction of sp³-hybridized carbons (Fsp3) is 0.857. The minimum Gasteiger partial charge on any atom is -0.341 e. The van der Waals surface area contributed by atoms with Gasteiger partial charge >= 0.3 is 0 Å². The van der Waals surface area contributed by atoms with Gasteiger partial charge < -0.3 is 5.32 Å². The van der Waals surface area contributed by atoms with Crippen LogP contribution in [0, 0.1) is 5.92 Å². The Kier molecular flexibility index (Phi) is 1.58. The highest BCUT2D eigenvalue weighted by Gasteiger charge is 2.38. The largest absolute Gasteiger partial charge is 0.341 e. The summed E-state index contributed by atoms with van der Waals surface area (Å²) >= 11 is 0. The third-order valence-electron chi connectivity index (χ3n) is 2.51. The summed E-state index contributed by atoms with van der Waals surface area (Å²) in [4.78, 5) is 11.3. The van der Waals surface area contributed by atoms with Crippen molar-refractivity contribution in [3.05, 3.63) is 0 Å². The summed E-state index contributed by atoms with van der Waals surface area (Å²) in [6, 6.07) is 0.0729. The molecule has 2 aliphatic heterocycles. The number of hydrazine groups is 1. The summed E-state index contributed by atoms with van der Waals surface area (Å²) in [6.45, 7) is 3.71. The van der Waals surface area contributed by atoms with E-state index < -0.39 is 0 Å². The van der Waals surface area contributed by atoms with Crippen molar-refractivity contribution in [2.45, 2.75) is 19.4 Å². The van der Waals surface area contributed by atoms with Crippen molar-refractivity contribution in [2.24, 2.45) is 5.92 Å². The average molecular weight is 155 g/mol. The Balaban J connectivity index is 2.14. The first-order valence-corrected chi connectivity index (χ1v) is 4.07. The third kappa shape index (κ3) is 1.02.